The van der Waals surface area contributed by atoms with E-state index in [1.54, 1.807) is 0 Å². The predicted molar refractivity (Wildman–Crippen MR) is 110 cm³/mol. The van der Waals surface area contributed by atoms with Gasteiger partial charge in [0.2, 0.25) is 15.9 Å². The van der Waals surface area contributed by atoms with Crippen molar-refractivity contribution < 1.29 is 31.1 Å². The van der Waals surface area contributed by atoms with Gasteiger partial charge in [0.1, 0.15) is 18.6 Å². The number of carbonyl (C=O) groups excluding carboxylic acids is 1. The Morgan fingerprint density at radius 2 is 1.81 bits per heavy atom. The number of nitrogens with zero attached hydrogens (tertiary/aromatic N) is 2. The van der Waals surface area contributed by atoms with Gasteiger partial charge in [-0.3, -0.25) is 4.79 Å². The molecule has 4 rings (SSSR count). The number of esters is 1. The monoisotopic (exact) mass is 462 g/mol. The number of aromatic nitrogens is 1. The summed E-state index contributed by atoms with van der Waals surface area (Å²) in [6.45, 7) is 0.0922. The lowest BCUT2D eigenvalue weighted by Crippen LogP contribution is -2.40. The summed E-state index contributed by atoms with van der Waals surface area (Å²) in [5.41, 5.74) is 1.27. The van der Waals surface area contributed by atoms with E-state index in [2.05, 4.69) is 4.98 Å². The van der Waals surface area contributed by atoms with Crippen molar-refractivity contribution in [2.75, 3.05) is 13.1 Å². The number of halogens is 2. The number of carbonyl (C=O) groups is 1. The lowest BCUT2D eigenvalue weighted by molar-refractivity contribution is -0.151. The van der Waals surface area contributed by atoms with Gasteiger partial charge in [0.15, 0.2) is 11.6 Å². The first-order valence-corrected chi connectivity index (χ1v) is 11.4. The molecule has 0 N–H and O–H groups in total. The van der Waals surface area contributed by atoms with Crippen LogP contribution in [0.5, 0.6) is 0 Å². The zero-order valence-corrected chi connectivity index (χ0v) is 17.7. The SMILES string of the molecule is O=C(OCc1coc(-c2ccccc2)n1)C1CCN(S(=O)(=O)c2ccc(F)c(F)c2)CC1. The zero-order chi connectivity index (χ0) is 22.7. The van der Waals surface area contributed by atoms with Crippen molar-refractivity contribution in [1.29, 1.82) is 0 Å². The molecule has 0 unspecified atom stereocenters. The average molecular weight is 462 g/mol. The van der Waals surface area contributed by atoms with Crippen LogP contribution in [0.1, 0.15) is 18.5 Å². The molecule has 0 radical (unpaired) electrons. The van der Waals surface area contributed by atoms with Gasteiger partial charge in [-0.1, -0.05) is 18.2 Å². The Bertz CT molecular complexity index is 1210. The van der Waals surface area contributed by atoms with E-state index < -0.39 is 33.5 Å². The smallest absolute Gasteiger partial charge is 0.309 e. The molecule has 0 aliphatic carbocycles. The van der Waals surface area contributed by atoms with E-state index in [-0.39, 0.29) is 37.4 Å². The standard InChI is InChI=1S/C22H20F2N2O5S/c23-19-7-6-18(12-20(19)24)32(28,29)26-10-8-16(9-11-26)22(27)31-14-17-13-30-21(25-17)15-4-2-1-3-5-15/h1-7,12-13,16H,8-11,14H2. The van der Waals surface area contributed by atoms with Crippen LogP contribution in [0.15, 0.2) is 64.1 Å². The fourth-order valence-electron chi connectivity index (χ4n) is 3.47. The van der Waals surface area contributed by atoms with Crippen molar-refractivity contribution >= 4 is 16.0 Å². The Kier molecular flexibility index (Phi) is 6.33. The number of benzene rings is 2. The molecule has 1 aliphatic heterocycles. The molecule has 32 heavy (non-hydrogen) atoms. The Hall–Kier alpha value is -3.11. The van der Waals surface area contributed by atoms with Crippen molar-refractivity contribution in [1.82, 2.24) is 9.29 Å². The van der Waals surface area contributed by atoms with E-state index in [0.717, 1.165) is 22.0 Å². The summed E-state index contributed by atoms with van der Waals surface area (Å²) >= 11 is 0. The fraction of sp³-hybridized carbons (Fsp3) is 0.273. The van der Waals surface area contributed by atoms with Gasteiger partial charge in [-0.05, 0) is 43.2 Å². The molecule has 1 saturated heterocycles. The van der Waals surface area contributed by atoms with Crippen LogP contribution in [0.2, 0.25) is 0 Å². The third-order valence-electron chi connectivity index (χ3n) is 5.25. The number of hydrogen-bond donors (Lipinski definition) is 0. The number of oxazole rings is 1. The maximum Gasteiger partial charge on any atom is 0.309 e. The number of sulfonamides is 1. The molecule has 0 spiro atoms. The van der Waals surface area contributed by atoms with Gasteiger partial charge in [-0.2, -0.15) is 4.31 Å². The maximum absolute atomic E-state index is 13.4. The summed E-state index contributed by atoms with van der Waals surface area (Å²) < 4.78 is 63.8. The summed E-state index contributed by atoms with van der Waals surface area (Å²) in [4.78, 5) is 16.4. The lowest BCUT2D eigenvalue weighted by Gasteiger charge is -2.30. The quantitative estimate of drug-likeness (QED) is 0.518. The van der Waals surface area contributed by atoms with Gasteiger partial charge >= 0.3 is 5.97 Å². The summed E-state index contributed by atoms with van der Waals surface area (Å²) in [5, 5.41) is 0. The summed E-state index contributed by atoms with van der Waals surface area (Å²) in [5.74, 6) is -2.83. The molecule has 0 bridgehead atoms. The molecule has 168 valence electrons. The highest BCUT2D eigenvalue weighted by molar-refractivity contribution is 7.89. The molecular formula is C22H20F2N2O5S. The van der Waals surface area contributed by atoms with Gasteiger partial charge < -0.3 is 9.15 Å². The highest BCUT2D eigenvalue weighted by atomic mass is 32.2. The molecule has 2 heterocycles. The lowest BCUT2D eigenvalue weighted by atomic mass is 9.98. The third-order valence-corrected chi connectivity index (χ3v) is 7.15. The predicted octanol–water partition coefficient (Wildman–Crippen LogP) is 3.76. The minimum atomic E-state index is -3.98. The van der Waals surface area contributed by atoms with E-state index in [1.165, 1.54) is 6.26 Å². The summed E-state index contributed by atoms with van der Waals surface area (Å²) in [7, 11) is -3.98. The van der Waals surface area contributed by atoms with Crippen LogP contribution < -0.4 is 0 Å². The van der Waals surface area contributed by atoms with Gasteiger partial charge in [-0.15, -0.1) is 0 Å². The average Bonchev–Trinajstić information content (AvgIpc) is 3.29. The molecule has 7 nitrogen and oxygen atoms in total. The highest BCUT2D eigenvalue weighted by Crippen LogP contribution is 2.26. The van der Waals surface area contributed by atoms with Crippen molar-refractivity contribution in [2.45, 2.75) is 24.3 Å². The van der Waals surface area contributed by atoms with Gasteiger partial charge in [-0.25, -0.2) is 22.2 Å². The van der Waals surface area contributed by atoms with Crippen LogP contribution in [0.3, 0.4) is 0 Å². The molecule has 0 saturated carbocycles. The van der Waals surface area contributed by atoms with Crippen molar-refractivity contribution in [3.05, 3.63) is 72.1 Å². The largest absolute Gasteiger partial charge is 0.459 e. The normalized spacial score (nSPS) is 15.6. The molecule has 1 fully saturated rings. The second-order valence-electron chi connectivity index (χ2n) is 7.37. The van der Waals surface area contributed by atoms with E-state index in [4.69, 9.17) is 9.15 Å². The van der Waals surface area contributed by atoms with Crippen molar-refractivity contribution in [3.63, 3.8) is 0 Å². The molecule has 10 heteroatoms. The Balaban J connectivity index is 1.31. The van der Waals surface area contributed by atoms with Crippen LogP contribution in [0.4, 0.5) is 8.78 Å². The molecule has 1 aromatic heterocycles. The van der Waals surface area contributed by atoms with Gasteiger partial charge in [0, 0.05) is 18.7 Å². The Morgan fingerprint density at radius 3 is 2.50 bits per heavy atom. The first kappa shape index (κ1) is 22.1. The van der Waals surface area contributed by atoms with Crippen LogP contribution in [0, 0.1) is 17.6 Å². The van der Waals surface area contributed by atoms with Crippen LogP contribution in [0.25, 0.3) is 11.5 Å². The van der Waals surface area contributed by atoms with E-state index in [1.807, 2.05) is 30.3 Å². The number of piperidine rings is 1. The molecule has 0 atom stereocenters. The van der Waals surface area contributed by atoms with Gasteiger partial charge in [0.05, 0.1) is 10.8 Å². The first-order valence-electron chi connectivity index (χ1n) is 9.96. The summed E-state index contributed by atoms with van der Waals surface area (Å²) in [6.07, 6.45) is 1.94. The second kappa shape index (κ2) is 9.17. The highest BCUT2D eigenvalue weighted by Gasteiger charge is 2.33. The molecule has 2 aromatic carbocycles. The number of rotatable bonds is 6. The van der Waals surface area contributed by atoms with Crippen molar-refractivity contribution in [3.8, 4) is 11.5 Å². The van der Waals surface area contributed by atoms with Crippen molar-refractivity contribution in [2.24, 2.45) is 5.92 Å². The second-order valence-corrected chi connectivity index (χ2v) is 9.31. The Labute approximate surface area is 183 Å². The first-order chi connectivity index (χ1) is 15.3. The maximum atomic E-state index is 13.4. The minimum absolute atomic E-state index is 0.0530. The summed E-state index contributed by atoms with van der Waals surface area (Å²) in [6, 6.07) is 11.8. The Morgan fingerprint density at radius 1 is 1.09 bits per heavy atom. The van der Waals surface area contributed by atoms with E-state index in [0.29, 0.717) is 17.7 Å². The van der Waals surface area contributed by atoms with Gasteiger partial charge in [0.25, 0.3) is 0 Å². The van der Waals surface area contributed by atoms with Crippen LogP contribution in [-0.2, 0) is 26.2 Å². The van der Waals surface area contributed by atoms with Crippen LogP contribution in [-0.4, -0.2) is 36.8 Å². The molecule has 1 aliphatic rings. The molecular weight excluding hydrogens is 442 g/mol. The fourth-order valence-corrected chi connectivity index (χ4v) is 4.95. The topological polar surface area (TPSA) is 89.7 Å². The zero-order valence-electron chi connectivity index (χ0n) is 16.9. The van der Waals surface area contributed by atoms with Crippen LogP contribution >= 0.6 is 0 Å². The van der Waals surface area contributed by atoms with E-state index in [9.17, 15) is 22.0 Å². The van der Waals surface area contributed by atoms with E-state index >= 15 is 0 Å². The molecule has 3 aromatic rings. The molecule has 0 amide bonds. The number of hydrogen-bond acceptors (Lipinski definition) is 6. The number of ether oxygens (including phenoxy) is 1. The minimum Gasteiger partial charge on any atom is -0.459 e. The third kappa shape index (κ3) is 4.71.